The zero-order chi connectivity index (χ0) is 23.3. The van der Waals surface area contributed by atoms with Crippen molar-refractivity contribution in [2.24, 2.45) is 0 Å². The smallest absolute Gasteiger partial charge is 0.188 e. The fraction of sp³-hybridized carbons (Fsp3) is 0.286. The molecule has 1 fully saturated rings. The number of methoxy groups -OCH3 is 2. The highest BCUT2D eigenvalue weighted by atomic mass is 16.7. The van der Waals surface area contributed by atoms with Gasteiger partial charge in [0.05, 0.1) is 19.8 Å². The molecule has 4 aromatic carbocycles. The number of rotatable bonds is 11. The molecule has 0 radical (unpaired) electrons. The molecule has 5 rings (SSSR count). The van der Waals surface area contributed by atoms with Crippen molar-refractivity contribution in [3.63, 3.8) is 0 Å². The first-order valence-electron chi connectivity index (χ1n) is 11.3. The molecule has 176 valence electrons. The standard InChI is InChI=1S/C28H28O6/c1-29-17-33-25-11-8-20-5-3-4-6-23(20)27(25)28-24-10-7-19(14-31-15-22-16-32-22)13-21(24)9-12-26(28)34-18-30-2/h3-13,22H,14-18H2,1-2H3/t22-/m0/s1. The van der Waals surface area contributed by atoms with Gasteiger partial charge in [-0.25, -0.2) is 0 Å². The molecule has 4 aromatic rings. The van der Waals surface area contributed by atoms with Crippen LogP contribution < -0.4 is 9.47 Å². The summed E-state index contributed by atoms with van der Waals surface area (Å²) in [7, 11) is 3.23. The van der Waals surface area contributed by atoms with Crippen LogP contribution in [0.3, 0.4) is 0 Å². The van der Waals surface area contributed by atoms with E-state index in [4.69, 9.17) is 28.4 Å². The zero-order valence-electron chi connectivity index (χ0n) is 19.4. The molecule has 0 spiro atoms. The Bertz CT molecular complexity index is 1280. The Morgan fingerprint density at radius 2 is 1.41 bits per heavy atom. The minimum absolute atomic E-state index is 0.146. The van der Waals surface area contributed by atoms with Gasteiger partial charge in [0.15, 0.2) is 13.6 Å². The lowest BCUT2D eigenvalue weighted by Gasteiger charge is -2.19. The Labute approximate surface area is 198 Å². The van der Waals surface area contributed by atoms with Crippen molar-refractivity contribution in [1.82, 2.24) is 0 Å². The number of fused-ring (bicyclic) bond motifs is 2. The van der Waals surface area contributed by atoms with E-state index in [9.17, 15) is 0 Å². The van der Waals surface area contributed by atoms with Gasteiger partial charge in [0, 0.05) is 25.3 Å². The Morgan fingerprint density at radius 1 is 0.765 bits per heavy atom. The van der Waals surface area contributed by atoms with Crippen LogP contribution in [0.5, 0.6) is 11.5 Å². The van der Waals surface area contributed by atoms with E-state index in [0.717, 1.165) is 56.3 Å². The van der Waals surface area contributed by atoms with E-state index in [0.29, 0.717) is 13.2 Å². The predicted molar refractivity (Wildman–Crippen MR) is 131 cm³/mol. The number of hydrogen-bond acceptors (Lipinski definition) is 6. The lowest BCUT2D eigenvalue weighted by Crippen LogP contribution is -2.04. The van der Waals surface area contributed by atoms with Crippen molar-refractivity contribution in [2.45, 2.75) is 12.7 Å². The molecule has 0 N–H and O–H groups in total. The third-order valence-electron chi connectivity index (χ3n) is 5.83. The molecular formula is C28H28O6. The highest BCUT2D eigenvalue weighted by Gasteiger charge is 2.22. The maximum atomic E-state index is 6.04. The van der Waals surface area contributed by atoms with Crippen molar-refractivity contribution in [2.75, 3.05) is 41.0 Å². The second-order valence-corrected chi connectivity index (χ2v) is 8.23. The molecule has 1 aliphatic heterocycles. The summed E-state index contributed by atoms with van der Waals surface area (Å²) in [6, 6.07) is 22.7. The quantitative estimate of drug-likeness (QED) is 0.216. The van der Waals surface area contributed by atoms with E-state index in [1.54, 1.807) is 14.2 Å². The Kier molecular flexibility index (Phi) is 6.92. The molecule has 0 amide bonds. The van der Waals surface area contributed by atoms with Crippen molar-refractivity contribution >= 4 is 21.5 Å². The highest BCUT2D eigenvalue weighted by molar-refractivity contribution is 6.09. The Balaban J connectivity index is 1.66. The van der Waals surface area contributed by atoms with E-state index >= 15 is 0 Å². The molecule has 0 aromatic heterocycles. The second-order valence-electron chi connectivity index (χ2n) is 8.23. The molecule has 0 unspecified atom stereocenters. The van der Waals surface area contributed by atoms with Crippen molar-refractivity contribution < 1.29 is 28.4 Å². The molecule has 1 heterocycles. The molecule has 6 heteroatoms. The third-order valence-corrected chi connectivity index (χ3v) is 5.83. The molecular weight excluding hydrogens is 432 g/mol. The molecule has 0 bridgehead atoms. The molecule has 6 nitrogen and oxygen atoms in total. The van der Waals surface area contributed by atoms with E-state index in [1.807, 2.05) is 24.3 Å². The van der Waals surface area contributed by atoms with E-state index in [-0.39, 0.29) is 19.7 Å². The first kappa shape index (κ1) is 22.6. The van der Waals surface area contributed by atoms with Gasteiger partial charge < -0.3 is 28.4 Å². The van der Waals surface area contributed by atoms with Crippen molar-refractivity contribution in [1.29, 1.82) is 0 Å². The van der Waals surface area contributed by atoms with Gasteiger partial charge in [0.1, 0.15) is 17.6 Å². The summed E-state index contributed by atoms with van der Waals surface area (Å²) >= 11 is 0. The number of benzene rings is 4. The van der Waals surface area contributed by atoms with Gasteiger partial charge in [0.2, 0.25) is 0 Å². The van der Waals surface area contributed by atoms with Crippen LogP contribution in [0, 0.1) is 0 Å². The molecule has 1 atom stereocenters. The number of epoxide rings is 1. The van der Waals surface area contributed by atoms with E-state index in [1.165, 1.54) is 0 Å². The highest BCUT2D eigenvalue weighted by Crippen LogP contribution is 2.45. The monoisotopic (exact) mass is 460 g/mol. The number of ether oxygens (including phenoxy) is 6. The van der Waals surface area contributed by atoms with Gasteiger partial charge in [-0.3, -0.25) is 0 Å². The molecule has 0 aliphatic carbocycles. The van der Waals surface area contributed by atoms with Crippen LogP contribution >= 0.6 is 0 Å². The maximum absolute atomic E-state index is 6.04. The molecule has 34 heavy (non-hydrogen) atoms. The van der Waals surface area contributed by atoms with Crippen LogP contribution in [-0.4, -0.2) is 47.1 Å². The average Bonchev–Trinajstić information content (AvgIpc) is 3.70. The van der Waals surface area contributed by atoms with Gasteiger partial charge in [-0.1, -0.05) is 48.5 Å². The average molecular weight is 461 g/mol. The minimum atomic E-state index is 0.146. The summed E-state index contributed by atoms with van der Waals surface area (Å²) in [6.45, 7) is 2.26. The van der Waals surface area contributed by atoms with Crippen LogP contribution in [0.4, 0.5) is 0 Å². The normalized spacial score (nSPS) is 15.1. The van der Waals surface area contributed by atoms with Crippen LogP contribution in [-0.2, 0) is 25.6 Å². The summed E-state index contributed by atoms with van der Waals surface area (Å²) in [4.78, 5) is 0. The van der Waals surface area contributed by atoms with Gasteiger partial charge in [-0.15, -0.1) is 0 Å². The van der Waals surface area contributed by atoms with E-state index in [2.05, 4.69) is 42.5 Å². The van der Waals surface area contributed by atoms with Crippen LogP contribution in [0.15, 0.2) is 66.7 Å². The lowest BCUT2D eigenvalue weighted by molar-refractivity contribution is 0.0502. The summed E-state index contributed by atoms with van der Waals surface area (Å²) < 4.78 is 33.5. The Morgan fingerprint density at radius 3 is 2.09 bits per heavy atom. The SMILES string of the molecule is COCOc1ccc2ccccc2c1-c1c(OCOC)ccc2cc(COC[C@H]3CO3)ccc12. The molecule has 1 saturated heterocycles. The molecule has 1 aliphatic rings. The van der Waals surface area contributed by atoms with Crippen LogP contribution in [0.2, 0.25) is 0 Å². The summed E-state index contributed by atoms with van der Waals surface area (Å²) in [5.74, 6) is 1.45. The minimum Gasteiger partial charge on any atom is -0.467 e. The summed E-state index contributed by atoms with van der Waals surface area (Å²) in [5.41, 5.74) is 3.02. The zero-order valence-corrected chi connectivity index (χ0v) is 19.4. The first-order chi connectivity index (χ1) is 16.8. The van der Waals surface area contributed by atoms with Gasteiger partial charge in [0.25, 0.3) is 0 Å². The van der Waals surface area contributed by atoms with Gasteiger partial charge >= 0.3 is 0 Å². The fourth-order valence-electron chi connectivity index (χ4n) is 4.17. The number of hydrogen-bond donors (Lipinski definition) is 0. The molecule has 0 saturated carbocycles. The third kappa shape index (κ3) is 4.86. The first-order valence-corrected chi connectivity index (χ1v) is 11.3. The van der Waals surface area contributed by atoms with E-state index < -0.39 is 0 Å². The predicted octanol–water partition coefficient (Wildman–Crippen LogP) is 5.54. The largest absolute Gasteiger partial charge is 0.467 e. The van der Waals surface area contributed by atoms with Gasteiger partial charge in [-0.2, -0.15) is 0 Å². The summed E-state index contributed by atoms with van der Waals surface area (Å²) in [5, 5.41) is 4.34. The van der Waals surface area contributed by atoms with Crippen molar-refractivity contribution in [3.05, 3.63) is 72.3 Å². The maximum Gasteiger partial charge on any atom is 0.188 e. The Hall–Kier alpha value is -3.16. The lowest BCUT2D eigenvalue weighted by atomic mass is 9.91. The second kappa shape index (κ2) is 10.4. The van der Waals surface area contributed by atoms with Crippen molar-refractivity contribution in [3.8, 4) is 22.6 Å². The van der Waals surface area contributed by atoms with Crippen LogP contribution in [0.25, 0.3) is 32.7 Å². The topological polar surface area (TPSA) is 58.7 Å². The van der Waals surface area contributed by atoms with Crippen LogP contribution in [0.1, 0.15) is 5.56 Å². The fourth-order valence-corrected chi connectivity index (χ4v) is 4.17. The van der Waals surface area contributed by atoms with Gasteiger partial charge in [-0.05, 0) is 45.3 Å². The summed E-state index contributed by atoms with van der Waals surface area (Å²) in [6.07, 6.45) is 0.254.